The van der Waals surface area contributed by atoms with Crippen LogP contribution in [0.15, 0.2) is 91.0 Å². The molecule has 5 N–H and O–H groups in total. The van der Waals surface area contributed by atoms with E-state index in [0.29, 0.717) is 40.2 Å². The number of rotatable bonds is 11. The number of anilines is 1. The minimum atomic E-state index is -0.639. The van der Waals surface area contributed by atoms with Gasteiger partial charge in [0.2, 0.25) is 0 Å². The van der Waals surface area contributed by atoms with E-state index in [2.05, 4.69) is 10.6 Å². The fraction of sp³-hybridized carbons (Fsp3) is 0.176. The van der Waals surface area contributed by atoms with Crippen LogP contribution in [-0.2, 0) is 11.3 Å². The number of amides is 2. The van der Waals surface area contributed by atoms with Crippen LogP contribution in [0.3, 0.4) is 0 Å². The third-order valence-electron chi connectivity index (χ3n) is 6.60. The number of benzene rings is 4. The molecule has 0 spiro atoms. The molecule has 2 amide bonds. The molecule has 220 valence electrons. The van der Waals surface area contributed by atoms with Gasteiger partial charge in [0.1, 0.15) is 18.2 Å². The number of methoxy groups -OCH3 is 1. The van der Waals surface area contributed by atoms with Gasteiger partial charge in [-0.1, -0.05) is 50.2 Å². The summed E-state index contributed by atoms with van der Waals surface area (Å²) in [5, 5.41) is 13.3. The average Bonchev–Trinajstić information content (AvgIpc) is 3.02. The zero-order valence-electron chi connectivity index (χ0n) is 24.3. The first-order valence-electron chi connectivity index (χ1n) is 13.7. The Morgan fingerprint density at radius 2 is 1.47 bits per heavy atom. The maximum absolute atomic E-state index is 13.6. The van der Waals surface area contributed by atoms with Crippen molar-refractivity contribution in [2.24, 2.45) is 11.7 Å². The molecule has 0 unspecified atom stereocenters. The Kier molecular flexibility index (Phi) is 9.90. The number of hydrogen-bond acceptors (Lipinski definition) is 6. The molecule has 0 aliphatic rings. The van der Waals surface area contributed by atoms with Crippen molar-refractivity contribution in [1.29, 1.82) is 5.41 Å². The van der Waals surface area contributed by atoms with E-state index in [4.69, 9.17) is 20.6 Å². The second-order valence-electron chi connectivity index (χ2n) is 10.3. The van der Waals surface area contributed by atoms with Crippen molar-refractivity contribution in [2.75, 3.05) is 19.0 Å². The van der Waals surface area contributed by atoms with Crippen molar-refractivity contribution in [3.63, 3.8) is 0 Å². The number of carbonyl (C=O) groups is 3. The number of esters is 1. The molecule has 0 heterocycles. The maximum Gasteiger partial charge on any atom is 0.339 e. The summed E-state index contributed by atoms with van der Waals surface area (Å²) in [6.45, 7) is 4.49. The minimum absolute atomic E-state index is 0.0368. The van der Waals surface area contributed by atoms with E-state index >= 15 is 0 Å². The fourth-order valence-corrected chi connectivity index (χ4v) is 4.29. The molecule has 9 nitrogen and oxygen atoms in total. The number of amidine groups is 1. The van der Waals surface area contributed by atoms with Crippen molar-refractivity contribution in [3.05, 3.63) is 119 Å². The molecular formula is C34H34N4O5. The van der Waals surface area contributed by atoms with E-state index in [0.717, 1.165) is 5.56 Å². The molecule has 0 fully saturated rings. The first-order chi connectivity index (χ1) is 20.7. The molecule has 0 aromatic heterocycles. The van der Waals surface area contributed by atoms with Crippen LogP contribution in [0.1, 0.15) is 56.0 Å². The highest BCUT2D eigenvalue weighted by molar-refractivity contribution is 6.11. The van der Waals surface area contributed by atoms with Gasteiger partial charge in [-0.05, 0) is 77.2 Å². The fourth-order valence-electron chi connectivity index (χ4n) is 4.29. The van der Waals surface area contributed by atoms with E-state index in [1.165, 1.54) is 13.2 Å². The highest BCUT2D eigenvalue weighted by atomic mass is 16.5. The molecule has 0 aliphatic carbocycles. The molecule has 0 atom stereocenters. The van der Waals surface area contributed by atoms with Crippen LogP contribution in [0.4, 0.5) is 5.69 Å². The predicted octanol–water partition coefficient (Wildman–Crippen LogP) is 5.64. The smallest absolute Gasteiger partial charge is 0.339 e. The van der Waals surface area contributed by atoms with Crippen LogP contribution in [0.25, 0.3) is 11.1 Å². The summed E-state index contributed by atoms with van der Waals surface area (Å²) >= 11 is 0. The Balaban J connectivity index is 1.74. The maximum atomic E-state index is 13.6. The molecule has 4 aromatic rings. The zero-order chi connectivity index (χ0) is 30.9. The number of ether oxygens (including phenoxy) is 2. The van der Waals surface area contributed by atoms with E-state index < -0.39 is 11.9 Å². The molecular weight excluding hydrogens is 544 g/mol. The molecule has 4 aromatic carbocycles. The van der Waals surface area contributed by atoms with Gasteiger partial charge in [0.05, 0.1) is 18.2 Å². The molecule has 0 saturated heterocycles. The quantitative estimate of drug-likeness (QED) is 0.103. The van der Waals surface area contributed by atoms with E-state index in [1.807, 2.05) is 44.2 Å². The Morgan fingerprint density at radius 3 is 2.12 bits per heavy atom. The highest BCUT2D eigenvalue weighted by Gasteiger charge is 2.22. The van der Waals surface area contributed by atoms with Gasteiger partial charge in [0.15, 0.2) is 0 Å². The van der Waals surface area contributed by atoms with Gasteiger partial charge in [-0.15, -0.1) is 0 Å². The molecule has 4 rings (SSSR count). The number of carbonyl (C=O) groups excluding carboxylic acids is 3. The van der Waals surface area contributed by atoms with Gasteiger partial charge in [0.25, 0.3) is 11.8 Å². The lowest BCUT2D eigenvalue weighted by atomic mass is 9.93. The first kappa shape index (κ1) is 30.5. The van der Waals surface area contributed by atoms with Gasteiger partial charge < -0.3 is 25.8 Å². The average molecular weight is 579 g/mol. The normalized spacial score (nSPS) is 10.6. The van der Waals surface area contributed by atoms with Crippen LogP contribution in [-0.4, -0.2) is 37.3 Å². The summed E-state index contributed by atoms with van der Waals surface area (Å²) < 4.78 is 11.0. The summed E-state index contributed by atoms with van der Waals surface area (Å²) in [6, 6.07) is 25.5. The van der Waals surface area contributed by atoms with E-state index in [-0.39, 0.29) is 35.4 Å². The minimum Gasteiger partial charge on any atom is -0.497 e. The van der Waals surface area contributed by atoms with Gasteiger partial charge in [-0.3, -0.25) is 15.0 Å². The Hall–Kier alpha value is -5.44. The molecule has 0 radical (unpaired) electrons. The summed E-state index contributed by atoms with van der Waals surface area (Å²) in [7, 11) is 1.49. The van der Waals surface area contributed by atoms with Gasteiger partial charge in [-0.25, -0.2) is 4.79 Å². The second-order valence-corrected chi connectivity index (χ2v) is 10.3. The van der Waals surface area contributed by atoms with Crippen LogP contribution < -0.4 is 21.1 Å². The number of nitrogens with two attached hydrogens (primary N) is 1. The number of hydrogen-bond donors (Lipinski definition) is 4. The monoisotopic (exact) mass is 578 g/mol. The van der Waals surface area contributed by atoms with Crippen molar-refractivity contribution < 1.29 is 23.9 Å². The van der Waals surface area contributed by atoms with Crippen LogP contribution in [0.2, 0.25) is 0 Å². The lowest BCUT2D eigenvalue weighted by molar-refractivity contribution is 0.0473. The molecule has 43 heavy (non-hydrogen) atoms. The molecule has 9 heteroatoms. The van der Waals surface area contributed by atoms with E-state index in [9.17, 15) is 14.4 Å². The largest absolute Gasteiger partial charge is 0.497 e. The van der Waals surface area contributed by atoms with Crippen molar-refractivity contribution in [2.45, 2.75) is 20.5 Å². The first-order valence-corrected chi connectivity index (χ1v) is 13.7. The molecule has 0 bridgehead atoms. The summed E-state index contributed by atoms with van der Waals surface area (Å²) in [5.74, 6) is -0.803. The lowest BCUT2D eigenvalue weighted by Crippen LogP contribution is -2.27. The zero-order valence-corrected chi connectivity index (χ0v) is 24.3. The third-order valence-corrected chi connectivity index (χ3v) is 6.60. The van der Waals surface area contributed by atoms with E-state index in [1.54, 1.807) is 54.6 Å². The Bertz CT molecular complexity index is 1630. The topological polar surface area (TPSA) is 144 Å². The van der Waals surface area contributed by atoms with Crippen LogP contribution >= 0.6 is 0 Å². The van der Waals surface area contributed by atoms with Crippen LogP contribution in [0.5, 0.6) is 5.75 Å². The van der Waals surface area contributed by atoms with Gasteiger partial charge in [-0.2, -0.15) is 0 Å². The standard InChI is InChI=1S/C34H34N4O5/c1-21(2)19-37-32(39)24-11-15-28(30(17-24)34(41)43-20-22-7-5-4-6-8-22)27-16-14-26(42-3)18-29(27)33(40)38-25-12-9-23(10-13-25)31(35)36/h4-18,21H,19-20H2,1-3H3,(H3,35,36)(H,37,39)(H,38,40). The molecule has 0 saturated carbocycles. The summed E-state index contributed by atoms with van der Waals surface area (Å²) in [5.41, 5.74) is 8.90. The van der Waals surface area contributed by atoms with Gasteiger partial charge >= 0.3 is 5.97 Å². The number of nitrogen functional groups attached to an aromatic ring is 1. The van der Waals surface area contributed by atoms with Crippen molar-refractivity contribution in [1.82, 2.24) is 5.32 Å². The molecule has 0 aliphatic heterocycles. The SMILES string of the molecule is COc1ccc(-c2ccc(C(=O)NCC(C)C)cc2C(=O)OCc2ccccc2)c(C(=O)Nc2ccc(C(=N)N)cc2)c1. The van der Waals surface area contributed by atoms with Crippen LogP contribution in [0, 0.1) is 11.3 Å². The Morgan fingerprint density at radius 1 is 0.814 bits per heavy atom. The third kappa shape index (κ3) is 7.85. The predicted molar refractivity (Wildman–Crippen MR) is 167 cm³/mol. The summed E-state index contributed by atoms with van der Waals surface area (Å²) in [6.07, 6.45) is 0. The lowest BCUT2D eigenvalue weighted by Gasteiger charge is -2.16. The highest BCUT2D eigenvalue weighted by Crippen LogP contribution is 2.32. The van der Waals surface area contributed by atoms with Gasteiger partial charge in [0, 0.05) is 23.4 Å². The Labute approximate surface area is 250 Å². The van der Waals surface area contributed by atoms with Crippen molar-refractivity contribution in [3.8, 4) is 16.9 Å². The van der Waals surface area contributed by atoms with Crippen molar-refractivity contribution >= 4 is 29.3 Å². The second kappa shape index (κ2) is 14.0. The number of nitrogens with one attached hydrogen (secondary N) is 3. The summed E-state index contributed by atoms with van der Waals surface area (Å²) in [4.78, 5) is 40.0.